The molecule has 0 aliphatic carbocycles. The number of hydrogen-bond acceptors (Lipinski definition) is 1. The molecule has 0 fully saturated rings. The lowest BCUT2D eigenvalue weighted by Crippen LogP contribution is -1.82. The predicted molar refractivity (Wildman–Crippen MR) is 55.0 cm³/mol. The number of aliphatic hydroxyl groups excluding tert-OH is 1. The van der Waals surface area contributed by atoms with Gasteiger partial charge in [0.05, 0.1) is 6.61 Å². The first kappa shape index (κ1) is 9.49. The summed E-state index contributed by atoms with van der Waals surface area (Å²) in [5.74, 6) is 0. The van der Waals surface area contributed by atoms with Crippen LogP contribution in [0.1, 0.15) is 11.1 Å². The van der Waals surface area contributed by atoms with Gasteiger partial charge in [0.15, 0.2) is 0 Å². The quantitative estimate of drug-likeness (QED) is 0.823. The van der Waals surface area contributed by atoms with Crippen LogP contribution in [0.15, 0.2) is 28.7 Å². The van der Waals surface area contributed by atoms with Crippen molar-refractivity contribution in [1.82, 2.24) is 0 Å². The molecule has 2 heteroatoms. The molecule has 1 aromatic carbocycles. The van der Waals surface area contributed by atoms with Gasteiger partial charge in [-0.2, -0.15) is 0 Å². The van der Waals surface area contributed by atoms with Crippen molar-refractivity contribution in [2.24, 2.45) is 0 Å². The summed E-state index contributed by atoms with van der Waals surface area (Å²) in [7, 11) is 0. The second kappa shape index (κ2) is 4.43. The molecule has 0 spiro atoms. The average Bonchev–Trinajstić information content (AvgIpc) is 2.08. The summed E-state index contributed by atoms with van der Waals surface area (Å²) < 4.78 is 1.10. The summed E-state index contributed by atoms with van der Waals surface area (Å²) in [4.78, 5) is 0. The Labute approximate surface area is 80.9 Å². The van der Waals surface area contributed by atoms with E-state index in [2.05, 4.69) is 15.9 Å². The fourth-order valence-corrected chi connectivity index (χ4v) is 1.37. The summed E-state index contributed by atoms with van der Waals surface area (Å²) in [6.45, 7) is 2.13. The first-order valence-corrected chi connectivity index (χ1v) is 4.57. The maximum absolute atomic E-state index is 8.59. The van der Waals surface area contributed by atoms with Gasteiger partial charge in [-0.1, -0.05) is 40.2 Å². The van der Waals surface area contributed by atoms with Gasteiger partial charge in [-0.05, 0) is 24.1 Å². The van der Waals surface area contributed by atoms with Crippen LogP contribution in [0.3, 0.4) is 0 Å². The normalized spacial score (nSPS) is 10.9. The van der Waals surface area contributed by atoms with Crippen LogP contribution in [0.5, 0.6) is 0 Å². The Bertz CT molecular complexity index is 292. The van der Waals surface area contributed by atoms with E-state index < -0.39 is 0 Å². The summed E-state index contributed by atoms with van der Waals surface area (Å²) in [5, 5.41) is 8.59. The average molecular weight is 227 g/mol. The summed E-state index contributed by atoms with van der Waals surface area (Å²) >= 11 is 3.44. The fourth-order valence-electron chi connectivity index (χ4n) is 0.984. The first-order valence-electron chi connectivity index (χ1n) is 3.78. The van der Waals surface area contributed by atoms with Crippen LogP contribution in [-0.2, 0) is 0 Å². The van der Waals surface area contributed by atoms with E-state index >= 15 is 0 Å². The molecule has 1 N–H and O–H groups in total. The third-order valence-electron chi connectivity index (χ3n) is 1.71. The third-order valence-corrected chi connectivity index (χ3v) is 2.57. The number of halogens is 1. The van der Waals surface area contributed by atoms with E-state index in [9.17, 15) is 0 Å². The Morgan fingerprint density at radius 3 is 2.92 bits per heavy atom. The van der Waals surface area contributed by atoms with Crippen molar-refractivity contribution in [3.63, 3.8) is 0 Å². The zero-order valence-electron chi connectivity index (χ0n) is 6.92. The van der Waals surface area contributed by atoms with Crippen molar-refractivity contribution in [3.05, 3.63) is 39.9 Å². The van der Waals surface area contributed by atoms with Gasteiger partial charge >= 0.3 is 0 Å². The molecular formula is C10H11BrO. The highest BCUT2D eigenvalue weighted by Crippen LogP contribution is 2.20. The zero-order chi connectivity index (χ0) is 8.97. The largest absolute Gasteiger partial charge is 0.392 e. The van der Waals surface area contributed by atoms with Crippen molar-refractivity contribution >= 4 is 22.0 Å². The highest BCUT2D eigenvalue weighted by atomic mass is 79.9. The molecule has 64 valence electrons. The smallest absolute Gasteiger partial charge is 0.0615 e. The molecule has 0 saturated carbocycles. The van der Waals surface area contributed by atoms with E-state index in [-0.39, 0.29) is 6.61 Å². The molecule has 1 nitrogen and oxygen atoms in total. The molecule has 0 amide bonds. The molecule has 1 aromatic rings. The SMILES string of the molecule is Cc1c(Br)cccc1C=CCO. The lowest BCUT2D eigenvalue weighted by molar-refractivity contribution is 0.343. The third kappa shape index (κ3) is 2.19. The molecule has 0 bridgehead atoms. The van der Waals surface area contributed by atoms with Crippen LogP contribution < -0.4 is 0 Å². The molecule has 0 aliphatic heterocycles. The van der Waals surface area contributed by atoms with Gasteiger partial charge in [0.1, 0.15) is 0 Å². The Morgan fingerprint density at radius 1 is 1.50 bits per heavy atom. The maximum Gasteiger partial charge on any atom is 0.0615 e. The van der Waals surface area contributed by atoms with Gasteiger partial charge in [0.25, 0.3) is 0 Å². The number of benzene rings is 1. The Kier molecular flexibility index (Phi) is 3.50. The molecule has 12 heavy (non-hydrogen) atoms. The number of hydrogen-bond donors (Lipinski definition) is 1. The van der Waals surface area contributed by atoms with Crippen LogP contribution >= 0.6 is 15.9 Å². The van der Waals surface area contributed by atoms with Gasteiger partial charge in [-0.15, -0.1) is 0 Å². The molecule has 0 saturated heterocycles. The Hall–Kier alpha value is -0.600. The molecule has 0 aromatic heterocycles. The van der Waals surface area contributed by atoms with Gasteiger partial charge in [-0.25, -0.2) is 0 Å². The minimum atomic E-state index is 0.0892. The lowest BCUT2D eigenvalue weighted by Gasteiger charge is -2.01. The standard InChI is InChI=1S/C10H11BrO/c1-8-9(5-3-7-12)4-2-6-10(8)11/h2-6,12H,7H2,1H3. The Balaban J connectivity index is 3.00. The monoisotopic (exact) mass is 226 g/mol. The minimum absolute atomic E-state index is 0.0892. The Morgan fingerprint density at radius 2 is 2.25 bits per heavy atom. The zero-order valence-corrected chi connectivity index (χ0v) is 8.51. The molecular weight excluding hydrogens is 216 g/mol. The predicted octanol–water partition coefficient (Wildman–Crippen LogP) is 2.76. The fraction of sp³-hybridized carbons (Fsp3) is 0.200. The highest BCUT2D eigenvalue weighted by Gasteiger charge is 1.96. The van der Waals surface area contributed by atoms with E-state index in [1.165, 1.54) is 5.56 Å². The van der Waals surface area contributed by atoms with Crippen molar-refractivity contribution in [3.8, 4) is 0 Å². The molecule has 0 atom stereocenters. The van der Waals surface area contributed by atoms with E-state index in [0.717, 1.165) is 10.0 Å². The summed E-state index contributed by atoms with van der Waals surface area (Å²) in [5.41, 5.74) is 2.33. The second-order valence-electron chi connectivity index (χ2n) is 2.54. The van der Waals surface area contributed by atoms with Crippen molar-refractivity contribution in [2.45, 2.75) is 6.92 Å². The van der Waals surface area contributed by atoms with Crippen LogP contribution in [0.2, 0.25) is 0 Å². The van der Waals surface area contributed by atoms with Crippen LogP contribution in [0, 0.1) is 6.92 Å². The van der Waals surface area contributed by atoms with Gasteiger partial charge in [-0.3, -0.25) is 0 Å². The molecule has 0 heterocycles. The van der Waals surface area contributed by atoms with E-state index in [1.54, 1.807) is 6.08 Å². The maximum atomic E-state index is 8.59. The van der Waals surface area contributed by atoms with E-state index in [1.807, 2.05) is 31.2 Å². The molecule has 0 radical (unpaired) electrons. The van der Waals surface area contributed by atoms with Crippen LogP contribution in [0.4, 0.5) is 0 Å². The second-order valence-corrected chi connectivity index (χ2v) is 3.39. The van der Waals surface area contributed by atoms with Crippen molar-refractivity contribution in [2.75, 3.05) is 6.61 Å². The van der Waals surface area contributed by atoms with Crippen molar-refractivity contribution in [1.29, 1.82) is 0 Å². The summed E-state index contributed by atoms with van der Waals surface area (Å²) in [6, 6.07) is 6.01. The summed E-state index contributed by atoms with van der Waals surface area (Å²) in [6.07, 6.45) is 3.65. The highest BCUT2D eigenvalue weighted by molar-refractivity contribution is 9.10. The topological polar surface area (TPSA) is 20.2 Å². The van der Waals surface area contributed by atoms with E-state index in [4.69, 9.17) is 5.11 Å². The first-order chi connectivity index (χ1) is 5.75. The van der Waals surface area contributed by atoms with Crippen molar-refractivity contribution < 1.29 is 5.11 Å². The molecule has 0 unspecified atom stereocenters. The lowest BCUT2D eigenvalue weighted by atomic mass is 10.1. The van der Waals surface area contributed by atoms with Crippen LogP contribution in [0.25, 0.3) is 6.08 Å². The van der Waals surface area contributed by atoms with Gasteiger partial charge in [0.2, 0.25) is 0 Å². The molecule has 0 aliphatic rings. The van der Waals surface area contributed by atoms with E-state index in [0.29, 0.717) is 0 Å². The van der Waals surface area contributed by atoms with Gasteiger partial charge < -0.3 is 5.11 Å². The van der Waals surface area contributed by atoms with Gasteiger partial charge in [0, 0.05) is 4.47 Å². The van der Waals surface area contributed by atoms with Crippen LogP contribution in [-0.4, -0.2) is 11.7 Å². The minimum Gasteiger partial charge on any atom is -0.392 e. The number of rotatable bonds is 2. The number of aliphatic hydroxyl groups is 1. The molecule has 1 rings (SSSR count).